The molecule has 0 aliphatic heterocycles. The summed E-state index contributed by atoms with van der Waals surface area (Å²) in [5.74, 6) is 0. The first-order valence-electron chi connectivity index (χ1n) is 3.41. The topological polar surface area (TPSA) is 0 Å². The van der Waals surface area contributed by atoms with Gasteiger partial charge in [0.25, 0.3) is 0 Å². The van der Waals surface area contributed by atoms with Gasteiger partial charge in [-0.1, -0.05) is 0 Å². The molecule has 0 unspecified atom stereocenters. The Labute approximate surface area is 53.2 Å². The zero-order chi connectivity index (χ0) is 5.54. The molecule has 0 atom stereocenters. The molecule has 0 aliphatic rings. The van der Waals surface area contributed by atoms with Gasteiger partial charge in [-0.05, 0) is 0 Å². The first-order chi connectivity index (χ1) is 3.41. The van der Waals surface area contributed by atoms with Crippen molar-refractivity contribution in [2.45, 2.75) is 37.2 Å². The van der Waals surface area contributed by atoms with E-state index in [0.29, 0.717) is 0 Å². The average molecular weight is 161 g/mol. The minimum absolute atomic E-state index is 0.0521. The third-order valence-corrected chi connectivity index (χ3v) is 6.27. The normalized spacial score (nSPS) is 9.43. The molecule has 0 fully saturated rings. The standard InChI is InChI=1S/C6H16Ge/c1-3-5-7-6-4-2/h3-7H2,1-2H3. The van der Waals surface area contributed by atoms with Gasteiger partial charge in [-0.2, -0.15) is 0 Å². The summed E-state index contributed by atoms with van der Waals surface area (Å²) in [5.41, 5.74) is 0. The molecule has 0 rings (SSSR count). The molecule has 0 aliphatic carbocycles. The van der Waals surface area contributed by atoms with Gasteiger partial charge >= 0.3 is 52.6 Å². The fourth-order valence-corrected chi connectivity index (χ4v) is 3.52. The first kappa shape index (κ1) is 7.54. The van der Waals surface area contributed by atoms with Gasteiger partial charge in [0.05, 0.1) is 0 Å². The van der Waals surface area contributed by atoms with E-state index in [0.717, 1.165) is 0 Å². The summed E-state index contributed by atoms with van der Waals surface area (Å²) < 4.78 is 0. The van der Waals surface area contributed by atoms with Gasteiger partial charge in [-0.25, -0.2) is 0 Å². The molecule has 0 saturated heterocycles. The summed E-state index contributed by atoms with van der Waals surface area (Å²) in [4.78, 5) is 0. The minimum atomic E-state index is 0.0521. The maximum absolute atomic E-state index is 2.29. The van der Waals surface area contributed by atoms with Gasteiger partial charge in [-0.15, -0.1) is 0 Å². The predicted molar refractivity (Wildman–Crippen MR) is 38.7 cm³/mol. The van der Waals surface area contributed by atoms with Gasteiger partial charge in [0.15, 0.2) is 0 Å². The van der Waals surface area contributed by atoms with E-state index in [2.05, 4.69) is 13.8 Å². The van der Waals surface area contributed by atoms with Gasteiger partial charge in [0, 0.05) is 0 Å². The average Bonchev–Trinajstić information content (AvgIpc) is 1.69. The van der Waals surface area contributed by atoms with Crippen LogP contribution in [0.5, 0.6) is 0 Å². The molecule has 0 N–H and O–H groups in total. The Bertz CT molecular complexity index is 23.4. The van der Waals surface area contributed by atoms with Crippen LogP contribution in [-0.2, 0) is 0 Å². The quantitative estimate of drug-likeness (QED) is 0.435. The molecule has 0 aromatic rings. The molecule has 0 nitrogen and oxygen atoms in total. The van der Waals surface area contributed by atoms with Crippen molar-refractivity contribution in [1.82, 2.24) is 0 Å². The van der Waals surface area contributed by atoms with Crippen molar-refractivity contribution >= 4 is 15.4 Å². The molecule has 0 amide bonds. The van der Waals surface area contributed by atoms with E-state index in [-0.39, 0.29) is 15.4 Å². The molecule has 0 spiro atoms. The van der Waals surface area contributed by atoms with Crippen LogP contribution in [0.2, 0.25) is 10.5 Å². The van der Waals surface area contributed by atoms with Crippen molar-refractivity contribution in [3.8, 4) is 0 Å². The van der Waals surface area contributed by atoms with Crippen LogP contribution in [0.3, 0.4) is 0 Å². The summed E-state index contributed by atoms with van der Waals surface area (Å²) in [6.45, 7) is 4.59. The summed E-state index contributed by atoms with van der Waals surface area (Å²) in [6.07, 6.45) is 2.89. The van der Waals surface area contributed by atoms with E-state index in [4.69, 9.17) is 0 Å². The van der Waals surface area contributed by atoms with Crippen molar-refractivity contribution in [3.05, 3.63) is 0 Å². The third-order valence-electron chi connectivity index (χ3n) is 1.21. The first-order valence-corrected chi connectivity index (χ1v) is 7.61. The van der Waals surface area contributed by atoms with Crippen LogP contribution in [0.4, 0.5) is 0 Å². The Hall–Kier alpha value is 0.543. The van der Waals surface area contributed by atoms with E-state index in [9.17, 15) is 0 Å². The second-order valence-electron chi connectivity index (χ2n) is 2.06. The van der Waals surface area contributed by atoms with Gasteiger partial charge in [-0.3, -0.25) is 0 Å². The molecule has 1 heteroatoms. The van der Waals surface area contributed by atoms with E-state index in [1.54, 1.807) is 10.5 Å². The molecule has 0 aromatic carbocycles. The van der Waals surface area contributed by atoms with Crippen LogP contribution in [0.1, 0.15) is 26.7 Å². The second-order valence-corrected chi connectivity index (χ2v) is 6.51. The van der Waals surface area contributed by atoms with Gasteiger partial charge in [0.2, 0.25) is 0 Å². The van der Waals surface area contributed by atoms with E-state index < -0.39 is 0 Å². The van der Waals surface area contributed by atoms with Gasteiger partial charge < -0.3 is 0 Å². The van der Waals surface area contributed by atoms with Crippen molar-refractivity contribution in [2.75, 3.05) is 0 Å². The molecule has 7 heavy (non-hydrogen) atoms. The Morgan fingerprint density at radius 3 is 1.71 bits per heavy atom. The Morgan fingerprint density at radius 1 is 1.00 bits per heavy atom. The maximum atomic E-state index is 2.29. The molecule has 0 heterocycles. The molecule has 0 bridgehead atoms. The van der Waals surface area contributed by atoms with Crippen molar-refractivity contribution in [1.29, 1.82) is 0 Å². The molecule has 0 aromatic heterocycles. The Balaban J connectivity index is 2.45. The Morgan fingerprint density at radius 2 is 1.43 bits per heavy atom. The predicted octanol–water partition coefficient (Wildman–Crippen LogP) is 1.81. The second kappa shape index (κ2) is 6.54. The van der Waals surface area contributed by atoms with E-state index in [1.807, 2.05) is 0 Å². The molecule has 44 valence electrons. The van der Waals surface area contributed by atoms with Crippen LogP contribution in [0, 0.1) is 0 Å². The molecular weight excluding hydrogens is 145 g/mol. The monoisotopic (exact) mass is 162 g/mol. The van der Waals surface area contributed by atoms with Crippen molar-refractivity contribution in [2.24, 2.45) is 0 Å². The van der Waals surface area contributed by atoms with Crippen LogP contribution < -0.4 is 0 Å². The summed E-state index contributed by atoms with van der Waals surface area (Å²) in [5, 5.41) is 3.22. The summed E-state index contributed by atoms with van der Waals surface area (Å²) in [6, 6.07) is 0. The van der Waals surface area contributed by atoms with E-state index in [1.165, 1.54) is 12.8 Å². The number of rotatable bonds is 4. The summed E-state index contributed by atoms with van der Waals surface area (Å²) >= 11 is 0.0521. The number of hydrogen-bond acceptors (Lipinski definition) is 0. The third kappa shape index (κ3) is 6.54. The fourth-order valence-electron chi connectivity index (χ4n) is 0.677. The molecule has 0 radical (unpaired) electrons. The Kier molecular flexibility index (Phi) is 7.05. The molecular formula is C6H16Ge. The van der Waals surface area contributed by atoms with Crippen molar-refractivity contribution < 1.29 is 0 Å². The summed E-state index contributed by atoms with van der Waals surface area (Å²) in [7, 11) is 0. The SMILES string of the molecule is CC[CH2][GeH2][CH2]CC. The van der Waals surface area contributed by atoms with Crippen LogP contribution in [0.15, 0.2) is 0 Å². The van der Waals surface area contributed by atoms with Crippen LogP contribution in [-0.4, -0.2) is 15.4 Å². The molecule has 0 saturated carbocycles. The zero-order valence-corrected chi connectivity index (χ0v) is 8.50. The van der Waals surface area contributed by atoms with E-state index >= 15 is 0 Å². The van der Waals surface area contributed by atoms with Gasteiger partial charge in [0.1, 0.15) is 0 Å². The van der Waals surface area contributed by atoms with Crippen LogP contribution in [0.25, 0.3) is 0 Å². The number of hydrogen-bond donors (Lipinski definition) is 0. The van der Waals surface area contributed by atoms with Crippen molar-refractivity contribution in [3.63, 3.8) is 0 Å². The van der Waals surface area contributed by atoms with Crippen LogP contribution >= 0.6 is 0 Å². The zero-order valence-electron chi connectivity index (χ0n) is 5.54. The fraction of sp³-hybridized carbons (Fsp3) is 1.00.